The minimum atomic E-state index is -3.94. The summed E-state index contributed by atoms with van der Waals surface area (Å²) in [6, 6.07) is 3.56. The van der Waals surface area contributed by atoms with Crippen LogP contribution in [0.4, 0.5) is 0 Å². The normalized spacial score (nSPS) is 11.6. The van der Waals surface area contributed by atoms with Crippen molar-refractivity contribution in [3.05, 3.63) is 32.6 Å². The summed E-state index contributed by atoms with van der Waals surface area (Å²) >= 11 is 4.65. The van der Waals surface area contributed by atoms with Crippen molar-refractivity contribution in [3.63, 3.8) is 0 Å². The van der Waals surface area contributed by atoms with Gasteiger partial charge in [-0.15, -0.1) is 11.3 Å². The van der Waals surface area contributed by atoms with Crippen molar-refractivity contribution in [2.45, 2.75) is 11.6 Å². The summed E-state index contributed by atoms with van der Waals surface area (Å²) in [6.07, 6.45) is 0.957. The molecule has 102 valence electrons. The van der Waals surface area contributed by atoms with Gasteiger partial charge in [-0.05, 0) is 28.1 Å². The molecule has 19 heavy (non-hydrogen) atoms. The van der Waals surface area contributed by atoms with Crippen LogP contribution in [-0.2, 0) is 16.6 Å². The Labute approximate surface area is 120 Å². The van der Waals surface area contributed by atoms with E-state index < -0.39 is 21.0 Å². The van der Waals surface area contributed by atoms with Gasteiger partial charge < -0.3 is 5.11 Å². The lowest BCUT2D eigenvalue weighted by atomic mass is 10.4. The van der Waals surface area contributed by atoms with E-state index in [0.29, 0.717) is 0 Å². The van der Waals surface area contributed by atoms with Crippen LogP contribution in [-0.4, -0.2) is 29.7 Å². The van der Waals surface area contributed by atoms with Gasteiger partial charge in [0, 0.05) is 11.4 Å². The molecule has 0 saturated heterocycles. The van der Waals surface area contributed by atoms with Gasteiger partial charge in [-0.25, -0.2) is 17.9 Å². The van der Waals surface area contributed by atoms with Crippen LogP contribution in [0.2, 0.25) is 0 Å². The molecule has 0 spiro atoms. The molecule has 2 aromatic heterocycles. The molecule has 0 aliphatic carbocycles. The Hall–Kier alpha value is -1.23. The number of aromatic nitrogens is 2. The predicted octanol–water partition coefficient (Wildman–Crippen LogP) is 1.41. The maximum atomic E-state index is 11.9. The highest BCUT2D eigenvalue weighted by atomic mass is 79.9. The number of H-pyrrole nitrogens is 1. The summed E-state index contributed by atoms with van der Waals surface area (Å²) in [5.74, 6) is -1.35. The highest BCUT2D eigenvalue weighted by Gasteiger charge is 2.24. The third-order valence-electron chi connectivity index (χ3n) is 2.17. The van der Waals surface area contributed by atoms with Crippen LogP contribution in [0.3, 0.4) is 0 Å². The second kappa shape index (κ2) is 5.41. The summed E-state index contributed by atoms with van der Waals surface area (Å²) in [5, 5.41) is 14.0. The number of nitrogens with zero attached hydrogens (tertiary/aromatic N) is 1. The summed E-state index contributed by atoms with van der Waals surface area (Å²) in [6.45, 7) is 0.0800. The van der Waals surface area contributed by atoms with Crippen LogP contribution in [0.1, 0.15) is 15.2 Å². The Kier molecular flexibility index (Phi) is 4.04. The Morgan fingerprint density at radius 1 is 1.53 bits per heavy atom. The molecule has 2 rings (SSSR count). The second-order valence-electron chi connectivity index (χ2n) is 3.45. The van der Waals surface area contributed by atoms with Gasteiger partial charge in [-0.3, -0.25) is 5.10 Å². The molecule has 0 saturated carbocycles. The second-order valence-corrected chi connectivity index (χ2v) is 7.70. The monoisotopic (exact) mass is 365 g/mol. The molecule has 2 heterocycles. The van der Waals surface area contributed by atoms with E-state index in [9.17, 15) is 13.2 Å². The maximum Gasteiger partial charge on any atom is 0.340 e. The van der Waals surface area contributed by atoms with Gasteiger partial charge in [-0.1, -0.05) is 0 Å². The number of halogens is 1. The van der Waals surface area contributed by atoms with Crippen LogP contribution in [0.5, 0.6) is 0 Å². The number of carbonyl (C=O) groups is 1. The quantitative estimate of drug-likeness (QED) is 0.741. The zero-order chi connectivity index (χ0) is 14.0. The number of aromatic amines is 1. The predicted molar refractivity (Wildman–Crippen MR) is 71.6 cm³/mol. The molecule has 0 aliphatic rings. The molecule has 0 fully saturated rings. The molecule has 0 amide bonds. The fourth-order valence-corrected chi connectivity index (χ4v) is 3.92. The number of carboxylic acids is 1. The zero-order valence-corrected chi connectivity index (χ0v) is 12.5. The number of sulfonamides is 1. The van der Waals surface area contributed by atoms with Crippen LogP contribution in [0.15, 0.2) is 27.1 Å². The van der Waals surface area contributed by atoms with E-state index >= 15 is 0 Å². The van der Waals surface area contributed by atoms with Crippen molar-refractivity contribution in [1.29, 1.82) is 0 Å². The SMILES string of the molecule is O=C(O)c1cn[nH]c1S(=O)(=O)NCc1ccc(Br)s1. The Morgan fingerprint density at radius 2 is 2.26 bits per heavy atom. The largest absolute Gasteiger partial charge is 0.478 e. The molecule has 0 aromatic carbocycles. The van der Waals surface area contributed by atoms with Crippen LogP contribution < -0.4 is 4.72 Å². The van der Waals surface area contributed by atoms with E-state index in [2.05, 4.69) is 30.8 Å². The van der Waals surface area contributed by atoms with Gasteiger partial charge in [0.2, 0.25) is 0 Å². The van der Waals surface area contributed by atoms with Crippen molar-refractivity contribution in [2.24, 2.45) is 0 Å². The first kappa shape index (κ1) is 14.2. The molecular weight excluding hydrogens is 358 g/mol. The maximum absolute atomic E-state index is 11.9. The van der Waals surface area contributed by atoms with Crippen LogP contribution in [0.25, 0.3) is 0 Å². The number of rotatable bonds is 5. The van der Waals surface area contributed by atoms with Gasteiger partial charge in [0.15, 0.2) is 5.03 Å². The molecule has 0 unspecified atom stereocenters. The molecule has 7 nitrogen and oxygen atoms in total. The van der Waals surface area contributed by atoms with Crippen molar-refractivity contribution >= 4 is 43.3 Å². The number of thiophene rings is 1. The highest BCUT2D eigenvalue weighted by Crippen LogP contribution is 2.22. The standard InChI is InChI=1S/C9H8BrN3O4S2/c10-7-2-1-5(18-7)3-12-19(16,17)8-6(9(14)15)4-11-13-8/h1-2,4,12H,3H2,(H,11,13)(H,14,15). The third-order valence-corrected chi connectivity index (χ3v) is 5.17. The summed E-state index contributed by atoms with van der Waals surface area (Å²) in [5.41, 5.74) is -0.389. The first-order valence-electron chi connectivity index (χ1n) is 4.90. The first-order valence-corrected chi connectivity index (χ1v) is 8.00. The minimum absolute atomic E-state index is 0.0800. The van der Waals surface area contributed by atoms with Gasteiger partial charge in [0.25, 0.3) is 10.0 Å². The summed E-state index contributed by atoms with van der Waals surface area (Å²) in [4.78, 5) is 11.6. The van der Waals surface area contributed by atoms with Crippen LogP contribution in [0, 0.1) is 0 Å². The number of hydrogen-bond donors (Lipinski definition) is 3. The number of carboxylic acid groups (broad SMARTS) is 1. The lowest BCUT2D eigenvalue weighted by molar-refractivity contribution is 0.0692. The van der Waals surface area contributed by atoms with Crippen molar-refractivity contribution in [3.8, 4) is 0 Å². The molecule has 10 heteroatoms. The fraction of sp³-hybridized carbons (Fsp3) is 0.111. The molecule has 0 bridgehead atoms. The zero-order valence-electron chi connectivity index (χ0n) is 9.25. The molecule has 0 radical (unpaired) electrons. The smallest absolute Gasteiger partial charge is 0.340 e. The fourth-order valence-electron chi connectivity index (χ4n) is 1.32. The average molecular weight is 366 g/mol. The molecular formula is C9H8BrN3O4S2. The Morgan fingerprint density at radius 3 is 2.84 bits per heavy atom. The average Bonchev–Trinajstić information content (AvgIpc) is 2.94. The van der Waals surface area contributed by atoms with E-state index in [1.54, 1.807) is 12.1 Å². The lowest BCUT2D eigenvalue weighted by Gasteiger charge is -2.04. The van der Waals surface area contributed by atoms with Crippen molar-refractivity contribution < 1.29 is 18.3 Å². The molecule has 2 aromatic rings. The van der Waals surface area contributed by atoms with Gasteiger partial charge in [-0.2, -0.15) is 5.10 Å². The minimum Gasteiger partial charge on any atom is -0.478 e. The van der Waals surface area contributed by atoms with E-state index in [4.69, 9.17) is 5.11 Å². The van der Waals surface area contributed by atoms with Crippen molar-refractivity contribution in [1.82, 2.24) is 14.9 Å². The van der Waals surface area contributed by atoms with Crippen LogP contribution >= 0.6 is 27.3 Å². The number of nitrogens with one attached hydrogen (secondary N) is 2. The summed E-state index contributed by atoms with van der Waals surface area (Å²) in [7, 11) is -3.94. The van der Waals surface area contributed by atoms with E-state index in [-0.39, 0.29) is 12.1 Å². The Balaban J connectivity index is 2.18. The highest BCUT2D eigenvalue weighted by molar-refractivity contribution is 9.11. The van der Waals surface area contributed by atoms with Gasteiger partial charge in [0.1, 0.15) is 5.56 Å². The van der Waals surface area contributed by atoms with E-state index in [1.165, 1.54) is 11.3 Å². The Bertz CT molecular complexity index is 707. The molecule has 3 N–H and O–H groups in total. The van der Waals surface area contributed by atoms with E-state index in [1.807, 2.05) is 0 Å². The lowest BCUT2D eigenvalue weighted by Crippen LogP contribution is -2.24. The van der Waals surface area contributed by atoms with Crippen molar-refractivity contribution in [2.75, 3.05) is 0 Å². The topological polar surface area (TPSA) is 112 Å². The van der Waals surface area contributed by atoms with E-state index in [0.717, 1.165) is 14.9 Å². The third kappa shape index (κ3) is 3.21. The van der Waals surface area contributed by atoms with Gasteiger partial charge in [0.05, 0.1) is 9.98 Å². The molecule has 0 atom stereocenters. The number of aromatic carboxylic acids is 1. The van der Waals surface area contributed by atoms with Gasteiger partial charge >= 0.3 is 5.97 Å². The number of hydrogen-bond acceptors (Lipinski definition) is 5. The summed E-state index contributed by atoms with van der Waals surface area (Å²) < 4.78 is 27.1. The molecule has 0 aliphatic heterocycles. The first-order chi connectivity index (χ1) is 8.90.